The molecule has 2 aliphatic rings. The normalized spacial score (nSPS) is 18.1. The van der Waals surface area contributed by atoms with Gasteiger partial charge in [-0.05, 0) is 42.5 Å². The van der Waals surface area contributed by atoms with Crippen LogP contribution >= 0.6 is 0 Å². The number of benzene rings is 2. The van der Waals surface area contributed by atoms with Crippen LogP contribution in [-0.2, 0) is 17.6 Å². The molecular weight excluding hydrogens is 340 g/mol. The number of amides is 1. The molecule has 1 N–H and O–H groups in total. The second kappa shape index (κ2) is 8.01. The second-order valence-electron chi connectivity index (χ2n) is 7.36. The van der Waals surface area contributed by atoms with Crippen LogP contribution in [0.2, 0.25) is 0 Å². The Kier molecular flexibility index (Phi) is 5.30. The van der Waals surface area contributed by atoms with Gasteiger partial charge >= 0.3 is 0 Å². The van der Waals surface area contributed by atoms with E-state index in [9.17, 15) is 9.90 Å². The molecule has 1 fully saturated rings. The van der Waals surface area contributed by atoms with Crippen LogP contribution < -0.4 is 4.74 Å². The standard InChI is InChI=1S/C22H26N2O3/c25-20-8-3-4-9-21(20)27-16-22(26)24-11-5-10-23(12-13-24)19-14-17-6-1-2-7-18(17)15-19/h1-4,6-9,19,25H,5,10-16H2. The smallest absolute Gasteiger partial charge is 0.260 e. The molecule has 1 aliphatic carbocycles. The number of phenolic OH excluding ortho intramolecular Hbond substituents is 1. The molecule has 0 unspecified atom stereocenters. The van der Waals surface area contributed by atoms with Gasteiger partial charge in [-0.2, -0.15) is 0 Å². The van der Waals surface area contributed by atoms with E-state index in [0.717, 1.165) is 45.4 Å². The van der Waals surface area contributed by atoms with E-state index in [1.165, 1.54) is 11.1 Å². The van der Waals surface area contributed by atoms with Gasteiger partial charge < -0.3 is 14.7 Å². The lowest BCUT2D eigenvalue weighted by atomic mass is 10.1. The van der Waals surface area contributed by atoms with E-state index in [1.807, 2.05) is 4.90 Å². The topological polar surface area (TPSA) is 53.0 Å². The van der Waals surface area contributed by atoms with Gasteiger partial charge in [-0.25, -0.2) is 0 Å². The Balaban J connectivity index is 1.30. The molecule has 4 rings (SSSR count). The fourth-order valence-electron chi connectivity index (χ4n) is 4.16. The summed E-state index contributed by atoms with van der Waals surface area (Å²) in [7, 11) is 0. The fourth-order valence-corrected chi connectivity index (χ4v) is 4.16. The van der Waals surface area contributed by atoms with E-state index in [2.05, 4.69) is 29.2 Å². The van der Waals surface area contributed by atoms with Crippen LogP contribution in [0.1, 0.15) is 17.5 Å². The number of hydrogen-bond acceptors (Lipinski definition) is 4. The van der Waals surface area contributed by atoms with Gasteiger partial charge in [-0.1, -0.05) is 36.4 Å². The van der Waals surface area contributed by atoms with Gasteiger partial charge in [0, 0.05) is 32.2 Å². The van der Waals surface area contributed by atoms with Crippen LogP contribution in [0.5, 0.6) is 11.5 Å². The second-order valence-corrected chi connectivity index (χ2v) is 7.36. The zero-order valence-corrected chi connectivity index (χ0v) is 15.5. The van der Waals surface area contributed by atoms with E-state index in [4.69, 9.17) is 4.74 Å². The molecule has 5 nitrogen and oxygen atoms in total. The molecule has 2 aromatic rings. The van der Waals surface area contributed by atoms with Crippen LogP contribution in [0.15, 0.2) is 48.5 Å². The summed E-state index contributed by atoms with van der Waals surface area (Å²) in [6.45, 7) is 3.39. The number of fused-ring (bicyclic) bond motifs is 1. The molecule has 1 saturated heterocycles. The summed E-state index contributed by atoms with van der Waals surface area (Å²) in [6.07, 6.45) is 3.20. The van der Waals surface area contributed by atoms with Crippen LogP contribution in [0.3, 0.4) is 0 Å². The minimum absolute atomic E-state index is 0.0187. The fraction of sp³-hybridized carbons (Fsp3) is 0.409. The number of phenols is 1. The molecule has 142 valence electrons. The highest BCUT2D eigenvalue weighted by Gasteiger charge is 2.28. The monoisotopic (exact) mass is 366 g/mol. The number of hydrogen-bond donors (Lipinski definition) is 1. The van der Waals surface area contributed by atoms with Crippen molar-refractivity contribution in [3.05, 3.63) is 59.7 Å². The first-order chi connectivity index (χ1) is 13.2. The number of carbonyl (C=O) groups excluding carboxylic acids is 1. The summed E-state index contributed by atoms with van der Waals surface area (Å²) < 4.78 is 5.51. The summed E-state index contributed by atoms with van der Waals surface area (Å²) in [4.78, 5) is 17.0. The number of rotatable bonds is 4. The zero-order chi connectivity index (χ0) is 18.6. The third-order valence-electron chi connectivity index (χ3n) is 5.65. The van der Waals surface area contributed by atoms with Crippen molar-refractivity contribution >= 4 is 5.91 Å². The maximum Gasteiger partial charge on any atom is 0.260 e. The number of ether oxygens (including phenoxy) is 1. The van der Waals surface area contributed by atoms with Crippen LogP contribution in [0, 0.1) is 0 Å². The van der Waals surface area contributed by atoms with Gasteiger partial charge in [-0.15, -0.1) is 0 Å². The van der Waals surface area contributed by atoms with Crippen molar-refractivity contribution in [3.63, 3.8) is 0 Å². The van der Waals surface area contributed by atoms with Gasteiger partial charge in [0.05, 0.1) is 0 Å². The number of aromatic hydroxyl groups is 1. The SMILES string of the molecule is O=C(COc1ccccc1O)N1CCCN(C2Cc3ccccc3C2)CC1. The summed E-state index contributed by atoms with van der Waals surface area (Å²) in [5.41, 5.74) is 2.94. The third-order valence-corrected chi connectivity index (χ3v) is 5.65. The van der Waals surface area contributed by atoms with Crippen molar-refractivity contribution < 1.29 is 14.6 Å². The molecule has 0 saturated carbocycles. The molecule has 1 aliphatic heterocycles. The highest BCUT2D eigenvalue weighted by Crippen LogP contribution is 2.26. The maximum absolute atomic E-state index is 12.5. The minimum Gasteiger partial charge on any atom is -0.504 e. The van der Waals surface area contributed by atoms with Crippen molar-refractivity contribution in [2.75, 3.05) is 32.8 Å². The molecule has 5 heteroatoms. The third kappa shape index (κ3) is 4.08. The average Bonchev–Trinajstić information content (AvgIpc) is 2.96. The minimum atomic E-state index is -0.0353. The predicted octanol–water partition coefficient (Wildman–Crippen LogP) is 2.47. The Hall–Kier alpha value is -2.53. The molecule has 1 amide bonds. The molecule has 1 heterocycles. The Bertz CT molecular complexity index is 783. The van der Waals surface area contributed by atoms with E-state index in [-0.39, 0.29) is 18.3 Å². The molecule has 2 aromatic carbocycles. The van der Waals surface area contributed by atoms with E-state index in [1.54, 1.807) is 24.3 Å². The molecule has 0 atom stereocenters. The van der Waals surface area contributed by atoms with Crippen molar-refractivity contribution in [2.45, 2.75) is 25.3 Å². The maximum atomic E-state index is 12.5. The van der Waals surface area contributed by atoms with E-state index >= 15 is 0 Å². The molecule has 0 radical (unpaired) electrons. The Morgan fingerprint density at radius 2 is 1.67 bits per heavy atom. The van der Waals surface area contributed by atoms with Crippen molar-refractivity contribution in [1.82, 2.24) is 9.80 Å². The van der Waals surface area contributed by atoms with Crippen molar-refractivity contribution in [2.24, 2.45) is 0 Å². The molecule has 0 aromatic heterocycles. The lowest BCUT2D eigenvalue weighted by Crippen LogP contribution is -2.41. The average molecular weight is 366 g/mol. The number of nitrogens with zero attached hydrogens (tertiary/aromatic N) is 2. The highest BCUT2D eigenvalue weighted by molar-refractivity contribution is 5.77. The number of para-hydroxylation sites is 2. The van der Waals surface area contributed by atoms with Crippen molar-refractivity contribution in [3.8, 4) is 11.5 Å². The van der Waals surface area contributed by atoms with Gasteiger partial charge in [0.15, 0.2) is 18.1 Å². The first kappa shape index (κ1) is 17.9. The van der Waals surface area contributed by atoms with E-state index in [0.29, 0.717) is 11.8 Å². The molecule has 27 heavy (non-hydrogen) atoms. The van der Waals surface area contributed by atoms with Crippen LogP contribution in [-0.4, -0.2) is 59.6 Å². The first-order valence-electron chi connectivity index (χ1n) is 9.70. The number of carbonyl (C=O) groups is 1. The van der Waals surface area contributed by atoms with Gasteiger partial charge in [0.1, 0.15) is 0 Å². The van der Waals surface area contributed by atoms with E-state index < -0.39 is 0 Å². The Morgan fingerprint density at radius 1 is 0.963 bits per heavy atom. The Morgan fingerprint density at radius 3 is 2.41 bits per heavy atom. The highest BCUT2D eigenvalue weighted by atomic mass is 16.5. The van der Waals surface area contributed by atoms with Gasteiger partial charge in [0.25, 0.3) is 5.91 Å². The summed E-state index contributed by atoms with van der Waals surface area (Å²) in [5.74, 6) is 0.397. The molecule has 0 spiro atoms. The zero-order valence-electron chi connectivity index (χ0n) is 15.5. The molecular formula is C22H26N2O3. The van der Waals surface area contributed by atoms with Gasteiger partial charge in [0.2, 0.25) is 0 Å². The molecule has 0 bridgehead atoms. The largest absolute Gasteiger partial charge is 0.504 e. The quantitative estimate of drug-likeness (QED) is 0.903. The van der Waals surface area contributed by atoms with Gasteiger partial charge in [-0.3, -0.25) is 9.69 Å². The lowest BCUT2D eigenvalue weighted by Gasteiger charge is -2.27. The first-order valence-corrected chi connectivity index (χ1v) is 9.70. The predicted molar refractivity (Wildman–Crippen MR) is 104 cm³/mol. The van der Waals surface area contributed by atoms with Crippen molar-refractivity contribution in [1.29, 1.82) is 0 Å². The van der Waals surface area contributed by atoms with Crippen LogP contribution in [0.4, 0.5) is 0 Å². The summed E-state index contributed by atoms with van der Waals surface area (Å²) in [5, 5.41) is 9.75. The summed E-state index contributed by atoms with van der Waals surface area (Å²) >= 11 is 0. The summed E-state index contributed by atoms with van der Waals surface area (Å²) in [6, 6.07) is 16.0. The van der Waals surface area contributed by atoms with Crippen LogP contribution in [0.25, 0.3) is 0 Å². The Labute approximate surface area is 160 Å². The lowest BCUT2D eigenvalue weighted by molar-refractivity contribution is -0.133.